The maximum Gasteiger partial charge on any atom is 0.313 e. The number of ether oxygens (including phenoxy) is 1. The van der Waals surface area contributed by atoms with E-state index in [1.54, 1.807) is 25.5 Å². The Labute approximate surface area is 153 Å². The number of carbonyl (C=O) groups is 2. The van der Waals surface area contributed by atoms with Crippen molar-refractivity contribution in [2.45, 2.75) is 30.7 Å². The number of benzene rings is 1. The van der Waals surface area contributed by atoms with Gasteiger partial charge < -0.3 is 14.6 Å². The predicted octanol–water partition coefficient (Wildman–Crippen LogP) is 2.32. The fraction of sp³-hybridized carbons (Fsp3) is 0.375. The standard InChI is InChI=1S/C16H18F2N4O3S/c1-4-25-14(23)8-13-20-21-16(22(13)3)26-9(2)15(24)19-10-5-6-11(17)12(18)7-10/h5-7,9H,4,8H2,1-3H3,(H,19,24)/t9-/m0/s1. The smallest absolute Gasteiger partial charge is 0.313 e. The van der Waals surface area contributed by atoms with E-state index in [0.29, 0.717) is 11.0 Å². The minimum Gasteiger partial charge on any atom is -0.466 e. The lowest BCUT2D eigenvalue weighted by atomic mass is 10.3. The molecule has 1 amide bonds. The van der Waals surface area contributed by atoms with Gasteiger partial charge in [-0.15, -0.1) is 10.2 Å². The molecule has 1 heterocycles. The number of nitrogens with zero attached hydrogens (tertiary/aromatic N) is 3. The largest absolute Gasteiger partial charge is 0.466 e. The number of esters is 1. The van der Waals surface area contributed by atoms with Crippen LogP contribution in [-0.4, -0.2) is 38.5 Å². The Balaban J connectivity index is 1.99. The van der Waals surface area contributed by atoms with Gasteiger partial charge in [0.2, 0.25) is 5.91 Å². The number of halogens is 2. The Morgan fingerprint density at radius 2 is 2.04 bits per heavy atom. The number of carbonyl (C=O) groups excluding carboxylic acids is 2. The lowest BCUT2D eigenvalue weighted by Crippen LogP contribution is -2.23. The van der Waals surface area contributed by atoms with Crippen molar-refractivity contribution in [2.75, 3.05) is 11.9 Å². The van der Waals surface area contributed by atoms with Crippen LogP contribution in [0.2, 0.25) is 0 Å². The zero-order valence-corrected chi connectivity index (χ0v) is 15.3. The third kappa shape index (κ3) is 5.01. The van der Waals surface area contributed by atoms with Crippen molar-refractivity contribution in [1.82, 2.24) is 14.8 Å². The van der Waals surface area contributed by atoms with Gasteiger partial charge in [-0.1, -0.05) is 11.8 Å². The quantitative estimate of drug-likeness (QED) is 0.582. The average Bonchev–Trinajstić information content (AvgIpc) is 2.91. The molecule has 1 N–H and O–H groups in total. The van der Waals surface area contributed by atoms with Crippen molar-refractivity contribution in [3.05, 3.63) is 35.7 Å². The van der Waals surface area contributed by atoms with Crippen LogP contribution in [0.1, 0.15) is 19.7 Å². The highest BCUT2D eigenvalue weighted by molar-refractivity contribution is 8.00. The first-order chi connectivity index (χ1) is 12.3. The second-order valence-corrected chi connectivity index (χ2v) is 6.63. The van der Waals surface area contributed by atoms with E-state index in [1.807, 2.05) is 0 Å². The van der Waals surface area contributed by atoms with Crippen molar-refractivity contribution in [3.8, 4) is 0 Å². The van der Waals surface area contributed by atoms with Crippen LogP contribution in [0.25, 0.3) is 0 Å². The van der Waals surface area contributed by atoms with Gasteiger partial charge in [0.05, 0.1) is 11.9 Å². The van der Waals surface area contributed by atoms with E-state index in [0.717, 1.165) is 23.9 Å². The SMILES string of the molecule is CCOC(=O)Cc1nnc(S[C@@H](C)C(=O)Nc2ccc(F)c(F)c2)n1C. The third-order valence-electron chi connectivity index (χ3n) is 3.37. The maximum atomic E-state index is 13.2. The molecule has 0 unspecified atom stereocenters. The summed E-state index contributed by atoms with van der Waals surface area (Å²) in [5, 5.41) is 10.3. The molecule has 26 heavy (non-hydrogen) atoms. The fourth-order valence-electron chi connectivity index (χ4n) is 1.97. The van der Waals surface area contributed by atoms with Gasteiger partial charge in [-0.3, -0.25) is 9.59 Å². The van der Waals surface area contributed by atoms with E-state index in [-0.39, 0.29) is 18.7 Å². The summed E-state index contributed by atoms with van der Waals surface area (Å²) >= 11 is 1.12. The molecule has 0 spiro atoms. The lowest BCUT2D eigenvalue weighted by molar-refractivity contribution is -0.142. The van der Waals surface area contributed by atoms with Crippen LogP contribution in [0.3, 0.4) is 0 Å². The van der Waals surface area contributed by atoms with Gasteiger partial charge in [0.25, 0.3) is 0 Å². The zero-order chi connectivity index (χ0) is 19.3. The van der Waals surface area contributed by atoms with Crippen molar-refractivity contribution in [2.24, 2.45) is 7.05 Å². The van der Waals surface area contributed by atoms with Crippen molar-refractivity contribution >= 4 is 29.3 Å². The number of anilines is 1. The predicted molar refractivity (Wildman–Crippen MR) is 91.6 cm³/mol. The molecule has 2 aromatic rings. The van der Waals surface area contributed by atoms with Gasteiger partial charge in [-0.25, -0.2) is 8.78 Å². The third-order valence-corrected chi connectivity index (χ3v) is 4.51. The first-order valence-corrected chi connectivity index (χ1v) is 8.66. The molecule has 0 aliphatic carbocycles. The first kappa shape index (κ1) is 19.8. The molecule has 0 saturated heterocycles. The minimum absolute atomic E-state index is 0.0205. The normalized spacial score (nSPS) is 11.9. The first-order valence-electron chi connectivity index (χ1n) is 7.78. The van der Waals surface area contributed by atoms with E-state index in [1.165, 1.54) is 6.07 Å². The second-order valence-electron chi connectivity index (χ2n) is 5.32. The molecule has 1 aromatic carbocycles. The van der Waals surface area contributed by atoms with Gasteiger partial charge in [-0.05, 0) is 26.0 Å². The van der Waals surface area contributed by atoms with Crippen LogP contribution < -0.4 is 5.32 Å². The molecule has 0 bridgehead atoms. The molecule has 1 aromatic heterocycles. The van der Waals surface area contributed by atoms with Gasteiger partial charge >= 0.3 is 5.97 Å². The summed E-state index contributed by atoms with van der Waals surface area (Å²) in [7, 11) is 1.68. The van der Waals surface area contributed by atoms with Gasteiger partial charge in [0, 0.05) is 18.8 Å². The molecule has 0 aliphatic heterocycles. The second kappa shape index (κ2) is 8.75. The molecule has 0 saturated carbocycles. The molecule has 140 valence electrons. The topological polar surface area (TPSA) is 86.1 Å². The summed E-state index contributed by atoms with van der Waals surface area (Å²) in [6.07, 6.45) is -0.0205. The molecule has 2 rings (SSSR count). The number of nitrogens with one attached hydrogen (secondary N) is 1. The van der Waals surface area contributed by atoms with Gasteiger partial charge in [-0.2, -0.15) is 0 Å². The summed E-state index contributed by atoms with van der Waals surface area (Å²) in [6, 6.07) is 3.12. The molecule has 0 aliphatic rings. The van der Waals surface area contributed by atoms with Crippen molar-refractivity contribution < 1.29 is 23.1 Å². The number of rotatable bonds is 7. The van der Waals surface area contributed by atoms with Gasteiger partial charge in [0.15, 0.2) is 16.8 Å². The molecule has 10 heteroatoms. The van der Waals surface area contributed by atoms with E-state index < -0.39 is 28.8 Å². The monoisotopic (exact) mass is 384 g/mol. The number of aromatic nitrogens is 3. The molecule has 1 atom stereocenters. The lowest BCUT2D eigenvalue weighted by Gasteiger charge is -2.12. The summed E-state index contributed by atoms with van der Waals surface area (Å²) in [4.78, 5) is 23.7. The Bertz CT molecular complexity index is 813. The highest BCUT2D eigenvalue weighted by Crippen LogP contribution is 2.23. The molecule has 0 radical (unpaired) electrons. The minimum atomic E-state index is -1.04. The highest BCUT2D eigenvalue weighted by atomic mass is 32.2. The number of amides is 1. The summed E-state index contributed by atoms with van der Waals surface area (Å²) in [6.45, 7) is 3.63. The Hall–Kier alpha value is -2.49. The summed E-state index contributed by atoms with van der Waals surface area (Å²) < 4.78 is 32.6. The highest BCUT2D eigenvalue weighted by Gasteiger charge is 2.20. The molecule has 7 nitrogen and oxygen atoms in total. The van der Waals surface area contributed by atoms with E-state index in [9.17, 15) is 18.4 Å². The Morgan fingerprint density at radius 3 is 2.69 bits per heavy atom. The summed E-state index contributed by atoms with van der Waals surface area (Å²) in [5.41, 5.74) is 0.155. The summed E-state index contributed by atoms with van der Waals surface area (Å²) in [5.74, 6) is -2.43. The number of thioether (sulfide) groups is 1. The van der Waals surface area contributed by atoms with Crippen LogP contribution in [-0.2, 0) is 27.8 Å². The van der Waals surface area contributed by atoms with Crippen molar-refractivity contribution in [1.29, 1.82) is 0 Å². The fourth-order valence-corrected chi connectivity index (χ4v) is 2.81. The van der Waals surface area contributed by atoms with E-state index >= 15 is 0 Å². The molecule has 0 fully saturated rings. The zero-order valence-electron chi connectivity index (χ0n) is 14.5. The van der Waals surface area contributed by atoms with E-state index in [2.05, 4.69) is 15.5 Å². The number of hydrogen-bond donors (Lipinski definition) is 1. The van der Waals surface area contributed by atoms with Crippen LogP contribution in [0.5, 0.6) is 0 Å². The average molecular weight is 384 g/mol. The van der Waals surface area contributed by atoms with Crippen LogP contribution in [0.4, 0.5) is 14.5 Å². The Kier molecular flexibility index (Phi) is 6.67. The van der Waals surface area contributed by atoms with Crippen LogP contribution in [0, 0.1) is 11.6 Å². The van der Waals surface area contributed by atoms with E-state index in [4.69, 9.17) is 4.74 Å². The van der Waals surface area contributed by atoms with Crippen LogP contribution >= 0.6 is 11.8 Å². The van der Waals surface area contributed by atoms with Gasteiger partial charge in [0.1, 0.15) is 12.2 Å². The van der Waals surface area contributed by atoms with Crippen molar-refractivity contribution in [3.63, 3.8) is 0 Å². The molecular weight excluding hydrogens is 366 g/mol. The number of hydrogen-bond acceptors (Lipinski definition) is 6. The molecular formula is C16H18F2N4O3S. The van der Waals surface area contributed by atoms with Crippen LogP contribution in [0.15, 0.2) is 23.4 Å². The Morgan fingerprint density at radius 1 is 1.31 bits per heavy atom. The maximum absolute atomic E-state index is 13.2.